The van der Waals surface area contributed by atoms with Gasteiger partial charge in [-0.05, 0) is 84.2 Å². The van der Waals surface area contributed by atoms with Gasteiger partial charge in [-0.2, -0.15) is 0 Å². The molecule has 1 aliphatic rings. The van der Waals surface area contributed by atoms with Crippen molar-refractivity contribution in [3.8, 4) is 22.3 Å². The first-order valence-electron chi connectivity index (χ1n) is 12.7. The third kappa shape index (κ3) is 5.49. The molecule has 0 nitrogen and oxygen atoms in total. The highest BCUT2D eigenvalue weighted by Gasteiger charge is 2.21. The van der Waals surface area contributed by atoms with E-state index >= 15 is 0 Å². The number of hydrogen-bond donors (Lipinski definition) is 0. The van der Waals surface area contributed by atoms with Gasteiger partial charge in [0.15, 0.2) is 0 Å². The normalized spacial score (nSPS) is 18.6. The van der Waals surface area contributed by atoms with E-state index in [0.29, 0.717) is 11.5 Å². The molecule has 0 aliphatic heterocycles. The highest BCUT2D eigenvalue weighted by Crippen LogP contribution is 2.38. The zero-order valence-corrected chi connectivity index (χ0v) is 19.7. The summed E-state index contributed by atoms with van der Waals surface area (Å²) in [5.41, 5.74) is 6.44. The van der Waals surface area contributed by atoms with Crippen molar-refractivity contribution >= 4 is 0 Å². The molecular formula is C31H37F. The van der Waals surface area contributed by atoms with E-state index in [1.807, 2.05) is 24.3 Å². The van der Waals surface area contributed by atoms with Gasteiger partial charge in [0.1, 0.15) is 5.82 Å². The molecule has 0 aromatic heterocycles. The molecule has 1 saturated carbocycles. The average molecular weight is 429 g/mol. The summed E-state index contributed by atoms with van der Waals surface area (Å²) in [7, 11) is 0. The standard InChI is InChI=1S/C31H37F/c1-3-5-7-24-10-14-28(15-11-24)30-21-20-29(22-31(30)32)27-18-16-26(17-19-27)25-12-8-23(6-4-2)9-13-25/h10-11,14-23,25H,3-9,12-13H2,1-2H3. The van der Waals surface area contributed by atoms with Gasteiger partial charge in [0.25, 0.3) is 0 Å². The maximum atomic E-state index is 15.0. The summed E-state index contributed by atoms with van der Waals surface area (Å²) < 4.78 is 15.0. The van der Waals surface area contributed by atoms with Gasteiger partial charge < -0.3 is 0 Å². The number of unbranched alkanes of at least 4 members (excludes halogenated alkanes) is 1. The van der Waals surface area contributed by atoms with Gasteiger partial charge in [0, 0.05) is 5.56 Å². The zero-order chi connectivity index (χ0) is 22.3. The van der Waals surface area contributed by atoms with Gasteiger partial charge in [-0.3, -0.25) is 0 Å². The third-order valence-corrected chi connectivity index (χ3v) is 7.31. The van der Waals surface area contributed by atoms with Crippen LogP contribution in [0.3, 0.4) is 0 Å². The van der Waals surface area contributed by atoms with Crippen molar-refractivity contribution in [2.45, 2.75) is 77.6 Å². The number of hydrogen-bond acceptors (Lipinski definition) is 0. The van der Waals surface area contributed by atoms with Crippen LogP contribution in [0, 0.1) is 11.7 Å². The summed E-state index contributed by atoms with van der Waals surface area (Å²) in [6, 6.07) is 22.9. The minimum atomic E-state index is -0.151. The van der Waals surface area contributed by atoms with Crippen LogP contribution in [-0.4, -0.2) is 0 Å². The van der Waals surface area contributed by atoms with Gasteiger partial charge in [-0.1, -0.05) is 93.8 Å². The number of rotatable bonds is 8. The van der Waals surface area contributed by atoms with Gasteiger partial charge >= 0.3 is 0 Å². The molecule has 168 valence electrons. The SMILES string of the molecule is CCCCc1ccc(-c2ccc(-c3ccc(C4CCC(CCC)CC4)cc3)cc2F)cc1. The van der Waals surface area contributed by atoms with Crippen LogP contribution in [0.15, 0.2) is 66.7 Å². The van der Waals surface area contributed by atoms with Crippen molar-refractivity contribution in [1.29, 1.82) is 0 Å². The first-order valence-corrected chi connectivity index (χ1v) is 12.7. The van der Waals surface area contributed by atoms with Gasteiger partial charge in [-0.25, -0.2) is 4.39 Å². The van der Waals surface area contributed by atoms with E-state index < -0.39 is 0 Å². The smallest absolute Gasteiger partial charge is 0.131 e. The van der Waals surface area contributed by atoms with Crippen LogP contribution in [0.25, 0.3) is 22.3 Å². The highest BCUT2D eigenvalue weighted by atomic mass is 19.1. The topological polar surface area (TPSA) is 0 Å². The average Bonchev–Trinajstić information content (AvgIpc) is 2.84. The lowest BCUT2D eigenvalue weighted by molar-refractivity contribution is 0.308. The largest absolute Gasteiger partial charge is 0.206 e. The molecule has 0 saturated heterocycles. The Kier molecular flexibility index (Phi) is 7.79. The summed E-state index contributed by atoms with van der Waals surface area (Å²) in [5, 5.41) is 0. The Labute approximate surface area is 193 Å². The fraction of sp³-hybridized carbons (Fsp3) is 0.419. The molecule has 0 radical (unpaired) electrons. The molecule has 32 heavy (non-hydrogen) atoms. The van der Waals surface area contributed by atoms with E-state index in [-0.39, 0.29) is 5.82 Å². The Bertz CT molecular complexity index is 976. The van der Waals surface area contributed by atoms with Crippen molar-refractivity contribution in [3.63, 3.8) is 0 Å². The van der Waals surface area contributed by atoms with E-state index in [4.69, 9.17) is 0 Å². The second-order valence-electron chi connectivity index (χ2n) is 9.62. The first-order chi connectivity index (χ1) is 15.7. The van der Waals surface area contributed by atoms with Crippen molar-refractivity contribution < 1.29 is 4.39 Å². The highest BCUT2D eigenvalue weighted by molar-refractivity contribution is 5.71. The Morgan fingerprint density at radius 2 is 1.38 bits per heavy atom. The predicted octanol–water partition coefficient (Wildman–Crippen LogP) is 9.58. The molecule has 1 aliphatic carbocycles. The third-order valence-electron chi connectivity index (χ3n) is 7.31. The molecule has 0 N–H and O–H groups in total. The number of aryl methyl sites for hydroxylation is 1. The summed E-state index contributed by atoms with van der Waals surface area (Å²) in [4.78, 5) is 0. The molecule has 4 rings (SSSR count). The van der Waals surface area contributed by atoms with Crippen LogP contribution in [0.5, 0.6) is 0 Å². The van der Waals surface area contributed by atoms with E-state index in [2.05, 4.69) is 50.2 Å². The zero-order valence-electron chi connectivity index (χ0n) is 19.7. The Balaban J connectivity index is 1.44. The van der Waals surface area contributed by atoms with Crippen molar-refractivity contribution in [1.82, 2.24) is 0 Å². The molecule has 0 heterocycles. The summed E-state index contributed by atoms with van der Waals surface area (Å²) in [6.07, 6.45) is 11.5. The molecule has 0 bridgehead atoms. The molecular weight excluding hydrogens is 391 g/mol. The second kappa shape index (κ2) is 10.9. The van der Waals surface area contributed by atoms with E-state index in [1.165, 1.54) is 62.5 Å². The second-order valence-corrected chi connectivity index (χ2v) is 9.62. The fourth-order valence-corrected chi connectivity index (χ4v) is 5.30. The minimum Gasteiger partial charge on any atom is -0.206 e. The molecule has 0 atom stereocenters. The maximum absolute atomic E-state index is 15.0. The van der Waals surface area contributed by atoms with Crippen LogP contribution in [0.2, 0.25) is 0 Å². The minimum absolute atomic E-state index is 0.151. The quantitative estimate of drug-likeness (QED) is 0.335. The predicted molar refractivity (Wildman–Crippen MR) is 135 cm³/mol. The lowest BCUT2D eigenvalue weighted by Gasteiger charge is -2.28. The lowest BCUT2D eigenvalue weighted by Crippen LogP contribution is -2.13. The summed E-state index contributed by atoms with van der Waals surface area (Å²) in [6.45, 7) is 4.50. The molecule has 1 heteroatoms. The van der Waals surface area contributed by atoms with Crippen LogP contribution in [0.4, 0.5) is 4.39 Å². The summed E-state index contributed by atoms with van der Waals surface area (Å²) in [5.74, 6) is 1.48. The van der Waals surface area contributed by atoms with Crippen molar-refractivity contribution in [2.75, 3.05) is 0 Å². The van der Waals surface area contributed by atoms with Crippen LogP contribution in [-0.2, 0) is 6.42 Å². The monoisotopic (exact) mass is 428 g/mol. The van der Waals surface area contributed by atoms with Crippen LogP contribution in [0.1, 0.15) is 82.3 Å². The Hall–Kier alpha value is -2.41. The van der Waals surface area contributed by atoms with E-state index in [0.717, 1.165) is 29.0 Å². The molecule has 3 aromatic rings. The van der Waals surface area contributed by atoms with Gasteiger partial charge in [-0.15, -0.1) is 0 Å². The maximum Gasteiger partial charge on any atom is 0.131 e. The van der Waals surface area contributed by atoms with Crippen LogP contribution < -0.4 is 0 Å². The fourth-order valence-electron chi connectivity index (χ4n) is 5.30. The van der Waals surface area contributed by atoms with Crippen molar-refractivity contribution in [2.24, 2.45) is 5.92 Å². The number of halogens is 1. The molecule has 0 spiro atoms. The molecule has 3 aromatic carbocycles. The van der Waals surface area contributed by atoms with Crippen molar-refractivity contribution in [3.05, 3.63) is 83.7 Å². The van der Waals surface area contributed by atoms with Crippen LogP contribution >= 0.6 is 0 Å². The Morgan fingerprint density at radius 3 is 2.00 bits per heavy atom. The number of benzene rings is 3. The Morgan fingerprint density at radius 1 is 0.719 bits per heavy atom. The molecule has 0 amide bonds. The van der Waals surface area contributed by atoms with Gasteiger partial charge in [0.2, 0.25) is 0 Å². The summed E-state index contributed by atoms with van der Waals surface area (Å²) >= 11 is 0. The first kappa shape index (κ1) is 22.8. The molecule has 1 fully saturated rings. The van der Waals surface area contributed by atoms with Gasteiger partial charge in [0.05, 0.1) is 0 Å². The molecule has 0 unspecified atom stereocenters. The van der Waals surface area contributed by atoms with E-state index in [1.54, 1.807) is 6.07 Å². The lowest BCUT2D eigenvalue weighted by atomic mass is 9.77. The van der Waals surface area contributed by atoms with E-state index in [9.17, 15) is 4.39 Å².